The Kier molecular flexibility index (Phi) is 4.49. The van der Waals surface area contributed by atoms with Gasteiger partial charge in [-0.3, -0.25) is 4.79 Å². The highest BCUT2D eigenvalue weighted by Gasteiger charge is 2.20. The molecule has 1 aromatic rings. The Morgan fingerprint density at radius 2 is 2.25 bits per heavy atom. The number of rotatable bonds is 4. The zero-order valence-electron chi connectivity index (χ0n) is 12.5. The lowest BCUT2D eigenvalue weighted by atomic mass is 10.1. The molecule has 1 amide bonds. The fraction of sp³-hybridized carbons (Fsp3) is 0.533. The Labute approximate surface area is 120 Å². The Hall–Kier alpha value is -1.75. The summed E-state index contributed by atoms with van der Waals surface area (Å²) < 4.78 is 0. The number of likely N-dealkylation sites (tertiary alicyclic amines) is 1. The molecule has 0 radical (unpaired) electrons. The number of nitrogens with zero attached hydrogens (tertiary/aromatic N) is 2. The first-order valence-electron chi connectivity index (χ1n) is 7.01. The minimum atomic E-state index is -0.0449. The number of nitrogens with one attached hydrogen (secondary N) is 1. The summed E-state index contributed by atoms with van der Waals surface area (Å²) in [5.74, 6) is 0.513. The molecule has 1 aromatic carbocycles. The molecular formula is C15H24N4O. The number of amides is 1. The molecule has 0 spiro atoms. The van der Waals surface area contributed by atoms with Crippen molar-refractivity contribution in [2.75, 3.05) is 51.4 Å². The van der Waals surface area contributed by atoms with Gasteiger partial charge in [-0.2, -0.15) is 0 Å². The Balaban J connectivity index is 1.94. The van der Waals surface area contributed by atoms with Gasteiger partial charge in [-0.1, -0.05) is 0 Å². The van der Waals surface area contributed by atoms with Crippen LogP contribution in [-0.2, 0) is 0 Å². The minimum Gasteiger partial charge on any atom is -0.397 e. The van der Waals surface area contributed by atoms with Crippen LogP contribution in [0.4, 0.5) is 11.4 Å². The van der Waals surface area contributed by atoms with E-state index in [1.807, 2.05) is 31.1 Å². The molecule has 3 N–H and O–H groups in total. The van der Waals surface area contributed by atoms with E-state index in [1.165, 1.54) is 0 Å². The zero-order chi connectivity index (χ0) is 14.7. The molecule has 1 atom stereocenters. The van der Waals surface area contributed by atoms with Crippen molar-refractivity contribution in [3.05, 3.63) is 23.8 Å². The Bertz CT molecular complexity index is 487. The van der Waals surface area contributed by atoms with Crippen molar-refractivity contribution in [1.82, 2.24) is 10.2 Å². The molecule has 1 unspecified atom stereocenters. The van der Waals surface area contributed by atoms with Gasteiger partial charge < -0.3 is 20.9 Å². The molecule has 110 valence electrons. The molecule has 1 aliphatic heterocycles. The van der Waals surface area contributed by atoms with Crippen LogP contribution in [0.5, 0.6) is 0 Å². The van der Waals surface area contributed by atoms with Crippen LogP contribution in [-0.4, -0.2) is 51.6 Å². The SMILES string of the molecule is CN1CCC(CNC(=O)c2ccc(N(C)C)c(N)c2)C1. The first-order chi connectivity index (χ1) is 9.47. The molecule has 20 heavy (non-hydrogen) atoms. The van der Waals surface area contributed by atoms with Gasteiger partial charge in [0.15, 0.2) is 0 Å². The number of hydrogen-bond acceptors (Lipinski definition) is 4. The number of anilines is 2. The van der Waals surface area contributed by atoms with Crippen molar-refractivity contribution in [1.29, 1.82) is 0 Å². The van der Waals surface area contributed by atoms with Crippen LogP contribution >= 0.6 is 0 Å². The lowest BCUT2D eigenvalue weighted by Gasteiger charge is -2.16. The number of hydrogen-bond donors (Lipinski definition) is 2. The number of carbonyl (C=O) groups excluding carboxylic acids is 1. The predicted molar refractivity (Wildman–Crippen MR) is 83.1 cm³/mol. The number of benzene rings is 1. The van der Waals surface area contributed by atoms with E-state index >= 15 is 0 Å². The van der Waals surface area contributed by atoms with Crippen molar-refractivity contribution < 1.29 is 4.79 Å². The molecule has 5 nitrogen and oxygen atoms in total. The van der Waals surface area contributed by atoms with E-state index in [2.05, 4.69) is 17.3 Å². The first kappa shape index (κ1) is 14.7. The molecule has 1 aliphatic rings. The van der Waals surface area contributed by atoms with Gasteiger partial charge in [-0.25, -0.2) is 0 Å². The van der Waals surface area contributed by atoms with Gasteiger partial charge in [0.05, 0.1) is 11.4 Å². The number of carbonyl (C=O) groups is 1. The Morgan fingerprint density at radius 3 is 2.80 bits per heavy atom. The van der Waals surface area contributed by atoms with E-state index in [0.717, 1.165) is 31.7 Å². The first-order valence-corrected chi connectivity index (χ1v) is 7.01. The molecule has 2 rings (SSSR count). The van der Waals surface area contributed by atoms with Crippen LogP contribution in [0.25, 0.3) is 0 Å². The summed E-state index contributed by atoms with van der Waals surface area (Å²) in [5, 5.41) is 3.00. The number of nitrogens with two attached hydrogens (primary N) is 1. The van der Waals surface area contributed by atoms with Crippen molar-refractivity contribution in [3.8, 4) is 0 Å². The topological polar surface area (TPSA) is 61.6 Å². The predicted octanol–water partition coefficient (Wildman–Crippen LogP) is 1.02. The normalized spacial score (nSPS) is 19.1. The molecule has 0 aliphatic carbocycles. The summed E-state index contributed by atoms with van der Waals surface area (Å²) in [7, 11) is 5.98. The van der Waals surface area contributed by atoms with E-state index in [0.29, 0.717) is 17.2 Å². The maximum Gasteiger partial charge on any atom is 0.251 e. The van der Waals surface area contributed by atoms with Crippen LogP contribution in [0.15, 0.2) is 18.2 Å². The molecule has 1 heterocycles. The second kappa shape index (κ2) is 6.13. The third kappa shape index (κ3) is 3.42. The van der Waals surface area contributed by atoms with Crippen molar-refractivity contribution in [2.24, 2.45) is 5.92 Å². The largest absolute Gasteiger partial charge is 0.397 e. The van der Waals surface area contributed by atoms with E-state index in [9.17, 15) is 4.79 Å². The summed E-state index contributed by atoms with van der Waals surface area (Å²) in [6.45, 7) is 2.91. The van der Waals surface area contributed by atoms with E-state index in [4.69, 9.17) is 5.73 Å². The molecule has 0 saturated carbocycles. The number of nitrogen functional groups attached to an aromatic ring is 1. The van der Waals surface area contributed by atoms with Gasteiger partial charge in [0, 0.05) is 32.7 Å². The fourth-order valence-corrected chi connectivity index (χ4v) is 2.64. The maximum atomic E-state index is 12.1. The summed E-state index contributed by atoms with van der Waals surface area (Å²) in [4.78, 5) is 16.4. The van der Waals surface area contributed by atoms with Gasteiger partial charge in [0.2, 0.25) is 0 Å². The molecule has 5 heteroatoms. The van der Waals surface area contributed by atoms with Crippen LogP contribution in [0, 0.1) is 5.92 Å². The molecule has 1 fully saturated rings. The summed E-state index contributed by atoms with van der Waals surface area (Å²) in [6, 6.07) is 5.45. The summed E-state index contributed by atoms with van der Waals surface area (Å²) >= 11 is 0. The van der Waals surface area contributed by atoms with Gasteiger partial charge >= 0.3 is 0 Å². The minimum absolute atomic E-state index is 0.0449. The fourth-order valence-electron chi connectivity index (χ4n) is 2.64. The Morgan fingerprint density at radius 1 is 1.50 bits per heavy atom. The highest BCUT2D eigenvalue weighted by atomic mass is 16.1. The molecule has 0 bridgehead atoms. The van der Waals surface area contributed by atoms with Crippen LogP contribution in [0.1, 0.15) is 16.8 Å². The quantitative estimate of drug-likeness (QED) is 0.806. The van der Waals surface area contributed by atoms with E-state index in [-0.39, 0.29) is 5.91 Å². The summed E-state index contributed by atoms with van der Waals surface area (Å²) in [6.07, 6.45) is 1.15. The van der Waals surface area contributed by atoms with Crippen LogP contribution in [0.2, 0.25) is 0 Å². The van der Waals surface area contributed by atoms with Gasteiger partial charge in [0.1, 0.15) is 0 Å². The van der Waals surface area contributed by atoms with Gasteiger partial charge in [-0.15, -0.1) is 0 Å². The smallest absolute Gasteiger partial charge is 0.251 e. The second-order valence-electron chi connectivity index (χ2n) is 5.79. The monoisotopic (exact) mass is 276 g/mol. The highest BCUT2D eigenvalue weighted by molar-refractivity contribution is 5.96. The second-order valence-corrected chi connectivity index (χ2v) is 5.79. The summed E-state index contributed by atoms with van der Waals surface area (Å²) in [5.41, 5.74) is 8.15. The van der Waals surface area contributed by atoms with Crippen LogP contribution < -0.4 is 16.0 Å². The molecule has 1 saturated heterocycles. The van der Waals surface area contributed by atoms with Crippen molar-refractivity contribution in [3.63, 3.8) is 0 Å². The maximum absolute atomic E-state index is 12.1. The lowest BCUT2D eigenvalue weighted by molar-refractivity contribution is 0.0947. The van der Waals surface area contributed by atoms with E-state index in [1.54, 1.807) is 6.07 Å². The van der Waals surface area contributed by atoms with E-state index < -0.39 is 0 Å². The van der Waals surface area contributed by atoms with Crippen molar-refractivity contribution in [2.45, 2.75) is 6.42 Å². The third-order valence-corrected chi connectivity index (χ3v) is 3.81. The molecule has 0 aromatic heterocycles. The van der Waals surface area contributed by atoms with Crippen LogP contribution in [0.3, 0.4) is 0 Å². The lowest BCUT2D eigenvalue weighted by Crippen LogP contribution is -2.30. The average molecular weight is 276 g/mol. The average Bonchev–Trinajstić information content (AvgIpc) is 2.81. The van der Waals surface area contributed by atoms with Crippen molar-refractivity contribution >= 4 is 17.3 Å². The zero-order valence-corrected chi connectivity index (χ0v) is 12.5. The third-order valence-electron chi connectivity index (χ3n) is 3.81. The van der Waals surface area contributed by atoms with Gasteiger partial charge in [-0.05, 0) is 44.1 Å². The standard InChI is InChI=1S/C15H24N4O/c1-18(2)14-5-4-12(8-13(14)16)15(20)17-9-11-6-7-19(3)10-11/h4-5,8,11H,6-7,9-10,16H2,1-3H3,(H,17,20). The highest BCUT2D eigenvalue weighted by Crippen LogP contribution is 2.22. The molecular weight excluding hydrogens is 252 g/mol. The van der Waals surface area contributed by atoms with Gasteiger partial charge in [0.25, 0.3) is 5.91 Å².